The average Bonchev–Trinajstić information content (AvgIpc) is 2.66. The molecule has 0 N–H and O–H groups in total. The van der Waals surface area contributed by atoms with Crippen LogP contribution in [0.5, 0.6) is 0 Å². The second-order valence-electron chi connectivity index (χ2n) is 5.68. The van der Waals surface area contributed by atoms with Crippen LogP contribution in [0.1, 0.15) is 35.3 Å². The number of nitro benzene ring substituents is 1. The fourth-order valence-corrected chi connectivity index (χ4v) is 2.28. The van der Waals surface area contributed by atoms with Crippen LogP contribution in [0.4, 0.5) is 5.69 Å². The number of hydrogen-bond donors (Lipinski definition) is 0. The Morgan fingerprint density at radius 2 is 1.73 bits per heavy atom. The number of nitrogens with zero attached hydrogens (tertiary/aromatic N) is 1. The van der Waals surface area contributed by atoms with Crippen molar-refractivity contribution in [3.8, 4) is 0 Å². The van der Waals surface area contributed by atoms with E-state index in [1.165, 1.54) is 43.3 Å². The fraction of sp³-hybridized carbons (Fsp3) is 0.200. The van der Waals surface area contributed by atoms with Gasteiger partial charge in [-0.3, -0.25) is 14.9 Å². The summed E-state index contributed by atoms with van der Waals surface area (Å²) in [7, 11) is 0. The summed E-state index contributed by atoms with van der Waals surface area (Å²) in [6, 6.07) is 12.9. The second kappa shape index (κ2) is 8.71. The zero-order valence-corrected chi connectivity index (χ0v) is 14.5. The molecule has 1 atom stereocenters. The number of hydrogen-bond acceptors (Lipinski definition) is 5. The second-order valence-corrected chi connectivity index (χ2v) is 5.68. The number of ether oxygens (including phenoxy) is 1. The monoisotopic (exact) mass is 353 g/mol. The van der Waals surface area contributed by atoms with E-state index in [0.717, 1.165) is 12.0 Å². The highest BCUT2D eigenvalue weighted by atomic mass is 16.6. The minimum absolute atomic E-state index is 0.0296. The quantitative estimate of drug-likeness (QED) is 0.247. The molecule has 0 amide bonds. The Labute approximate surface area is 151 Å². The summed E-state index contributed by atoms with van der Waals surface area (Å²) in [6.07, 6.45) is 2.63. The van der Waals surface area contributed by atoms with Crippen LogP contribution in [0.3, 0.4) is 0 Å². The van der Waals surface area contributed by atoms with Crippen molar-refractivity contribution >= 4 is 23.5 Å². The van der Waals surface area contributed by atoms with E-state index in [1.54, 1.807) is 12.1 Å². The van der Waals surface area contributed by atoms with Crippen molar-refractivity contribution in [1.29, 1.82) is 0 Å². The minimum atomic E-state index is -0.906. The molecule has 2 rings (SSSR count). The lowest BCUT2D eigenvalue weighted by molar-refractivity contribution is -0.384. The van der Waals surface area contributed by atoms with Crippen LogP contribution in [-0.4, -0.2) is 22.8 Å². The Morgan fingerprint density at radius 1 is 1.12 bits per heavy atom. The van der Waals surface area contributed by atoms with Gasteiger partial charge in [-0.2, -0.15) is 0 Å². The molecule has 0 heterocycles. The molecule has 0 unspecified atom stereocenters. The largest absolute Gasteiger partial charge is 0.451 e. The third-order valence-corrected chi connectivity index (χ3v) is 3.82. The first-order chi connectivity index (χ1) is 12.4. The van der Waals surface area contributed by atoms with E-state index < -0.39 is 17.0 Å². The van der Waals surface area contributed by atoms with E-state index in [0.29, 0.717) is 11.1 Å². The fourth-order valence-electron chi connectivity index (χ4n) is 2.28. The van der Waals surface area contributed by atoms with Gasteiger partial charge in [-0.15, -0.1) is 0 Å². The number of esters is 1. The summed E-state index contributed by atoms with van der Waals surface area (Å²) in [4.78, 5) is 34.3. The highest BCUT2D eigenvalue weighted by molar-refractivity contribution is 6.01. The molecule has 6 nitrogen and oxygen atoms in total. The van der Waals surface area contributed by atoms with Gasteiger partial charge in [0.25, 0.3) is 5.69 Å². The first-order valence-electron chi connectivity index (χ1n) is 8.17. The van der Waals surface area contributed by atoms with E-state index >= 15 is 0 Å². The van der Waals surface area contributed by atoms with Crippen LogP contribution in [0, 0.1) is 10.1 Å². The van der Waals surface area contributed by atoms with Crippen molar-refractivity contribution < 1.29 is 19.2 Å². The maximum absolute atomic E-state index is 12.3. The van der Waals surface area contributed by atoms with E-state index in [1.807, 2.05) is 19.1 Å². The average molecular weight is 353 g/mol. The molecule has 26 heavy (non-hydrogen) atoms. The molecule has 0 fully saturated rings. The zero-order valence-electron chi connectivity index (χ0n) is 14.5. The number of ketones is 1. The molecule has 0 saturated heterocycles. The standard InChI is InChI=1S/C20H19NO5/c1-3-15-4-9-17(10-5-15)20(23)14(2)26-19(22)13-8-16-6-11-18(12-7-16)21(24)25/h4-14H,3H2,1-2H3/b13-8+/t14-/m1/s1. The lowest BCUT2D eigenvalue weighted by Gasteiger charge is -2.11. The van der Waals surface area contributed by atoms with Gasteiger partial charge in [0.1, 0.15) is 0 Å². The molecule has 0 spiro atoms. The summed E-state index contributed by atoms with van der Waals surface area (Å²) >= 11 is 0. The van der Waals surface area contributed by atoms with Gasteiger partial charge in [-0.1, -0.05) is 31.2 Å². The van der Waals surface area contributed by atoms with E-state index in [9.17, 15) is 19.7 Å². The van der Waals surface area contributed by atoms with Crippen LogP contribution in [-0.2, 0) is 16.0 Å². The molecular weight excluding hydrogens is 334 g/mol. The number of non-ortho nitro benzene ring substituents is 1. The van der Waals surface area contributed by atoms with Crippen molar-refractivity contribution in [3.63, 3.8) is 0 Å². The number of carbonyl (C=O) groups excluding carboxylic acids is 2. The van der Waals surface area contributed by atoms with Crippen molar-refractivity contribution in [2.75, 3.05) is 0 Å². The third-order valence-electron chi connectivity index (χ3n) is 3.82. The summed E-state index contributed by atoms with van der Waals surface area (Å²) in [5.41, 5.74) is 2.19. The van der Waals surface area contributed by atoms with Gasteiger partial charge in [0, 0.05) is 23.8 Å². The summed E-state index contributed by atoms with van der Waals surface area (Å²) < 4.78 is 5.12. The molecule has 134 valence electrons. The van der Waals surface area contributed by atoms with Gasteiger partial charge in [-0.05, 0) is 42.7 Å². The molecule has 0 saturated carbocycles. The number of nitro groups is 1. The predicted octanol–water partition coefficient (Wildman–Crippen LogP) is 3.99. The van der Waals surface area contributed by atoms with Crippen LogP contribution < -0.4 is 0 Å². The van der Waals surface area contributed by atoms with Crippen molar-refractivity contribution in [2.45, 2.75) is 26.4 Å². The smallest absolute Gasteiger partial charge is 0.331 e. The molecule has 0 aliphatic carbocycles. The number of benzene rings is 2. The van der Waals surface area contributed by atoms with Gasteiger partial charge >= 0.3 is 5.97 Å². The molecule has 0 aromatic heterocycles. The molecule has 6 heteroatoms. The van der Waals surface area contributed by atoms with Crippen LogP contribution in [0.25, 0.3) is 6.08 Å². The Bertz CT molecular complexity index is 822. The molecule has 0 aliphatic heterocycles. The van der Waals surface area contributed by atoms with Gasteiger partial charge in [0.2, 0.25) is 5.78 Å². The van der Waals surface area contributed by atoms with Crippen molar-refractivity contribution in [2.24, 2.45) is 0 Å². The van der Waals surface area contributed by atoms with Crippen molar-refractivity contribution in [1.82, 2.24) is 0 Å². The Hall–Kier alpha value is -3.28. The van der Waals surface area contributed by atoms with Gasteiger partial charge in [0.15, 0.2) is 6.10 Å². The van der Waals surface area contributed by atoms with E-state index in [2.05, 4.69) is 0 Å². The van der Waals surface area contributed by atoms with Crippen LogP contribution >= 0.6 is 0 Å². The third kappa shape index (κ3) is 5.11. The predicted molar refractivity (Wildman–Crippen MR) is 97.8 cm³/mol. The van der Waals surface area contributed by atoms with Gasteiger partial charge in [0.05, 0.1) is 4.92 Å². The molecule has 2 aromatic carbocycles. The molecule has 0 bridgehead atoms. The van der Waals surface area contributed by atoms with Crippen LogP contribution in [0.15, 0.2) is 54.6 Å². The van der Waals surface area contributed by atoms with E-state index in [-0.39, 0.29) is 11.5 Å². The topological polar surface area (TPSA) is 86.5 Å². The summed E-state index contributed by atoms with van der Waals surface area (Å²) in [5, 5.41) is 10.6. The SMILES string of the molecule is CCc1ccc(C(=O)[C@@H](C)OC(=O)/C=C/c2ccc([N+](=O)[O-])cc2)cc1. The summed E-state index contributed by atoms with van der Waals surface area (Å²) in [6.45, 7) is 3.55. The van der Waals surface area contributed by atoms with Crippen molar-refractivity contribution in [3.05, 3.63) is 81.4 Å². The Morgan fingerprint density at radius 3 is 2.27 bits per heavy atom. The lowest BCUT2D eigenvalue weighted by Crippen LogP contribution is -2.23. The first kappa shape index (κ1) is 19.1. The molecule has 0 aliphatic rings. The molecular formula is C20H19NO5. The Kier molecular flexibility index (Phi) is 6.38. The zero-order chi connectivity index (χ0) is 19.1. The number of carbonyl (C=O) groups is 2. The molecule has 2 aromatic rings. The highest BCUT2D eigenvalue weighted by Crippen LogP contribution is 2.13. The van der Waals surface area contributed by atoms with Gasteiger partial charge in [-0.25, -0.2) is 4.79 Å². The minimum Gasteiger partial charge on any atom is -0.451 e. The molecule has 0 radical (unpaired) electrons. The highest BCUT2D eigenvalue weighted by Gasteiger charge is 2.18. The number of Topliss-reactive ketones (excluding diaryl/α,β-unsaturated/α-hetero) is 1. The Balaban J connectivity index is 1.94. The first-order valence-corrected chi connectivity index (χ1v) is 8.17. The number of rotatable bonds is 7. The van der Waals surface area contributed by atoms with E-state index in [4.69, 9.17) is 4.74 Å². The maximum atomic E-state index is 12.3. The number of aryl methyl sites for hydroxylation is 1. The normalized spacial score (nSPS) is 11.9. The lowest BCUT2D eigenvalue weighted by atomic mass is 10.0. The maximum Gasteiger partial charge on any atom is 0.331 e. The van der Waals surface area contributed by atoms with Crippen LogP contribution in [0.2, 0.25) is 0 Å². The van der Waals surface area contributed by atoms with Gasteiger partial charge < -0.3 is 4.74 Å². The summed E-state index contributed by atoms with van der Waals surface area (Å²) in [5.74, 6) is -0.931.